The minimum Gasteiger partial charge on any atom is -0.493 e. The third kappa shape index (κ3) is 5.18. The molecule has 1 aromatic carbocycles. The van der Waals surface area contributed by atoms with Gasteiger partial charge in [-0.05, 0) is 17.9 Å². The van der Waals surface area contributed by atoms with E-state index in [2.05, 4.69) is 6.08 Å². The van der Waals surface area contributed by atoms with E-state index >= 15 is 0 Å². The Balaban J connectivity index is 0. The summed E-state index contributed by atoms with van der Waals surface area (Å²) in [4.78, 5) is 0. The van der Waals surface area contributed by atoms with Crippen molar-refractivity contribution < 1.29 is 31.2 Å². The van der Waals surface area contributed by atoms with Crippen molar-refractivity contribution in [3.63, 3.8) is 0 Å². The van der Waals surface area contributed by atoms with Crippen LogP contribution in [0.1, 0.15) is 6.42 Å². The Morgan fingerprint density at radius 3 is 2.29 bits per heavy atom. The van der Waals surface area contributed by atoms with Crippen molar-refractivity contribution in [2.75, 3.05) is 7.11 Å². The molecule has 1 aromatic rings. The Labute approximate surface area is 129 Å². The van der Waals surface area contributed by atoms with E-state index in [9.17, 15) is 0 Å². The summed E-state index contributed by atoms with van der Waals surface area (Å²) in [5.41, 5.74) is 0. The van der Waals surface area contributed by atoms with Gasteiger partial charge in [0.15, 0.2) is 11.5 Å². The quantitative estimate of drug-likeness (QED) is 0.628. The van der Waals surface area contributed by atoms with Gasteiger partial charge in [-0.3, -0.25) is 0 Å². The number of hydrogen-bond acceptors (Lipinski definition) is 2. The molecule has 2 rings (SSSR count). The number of allylic oxidation sites excluding steroid dienone is 3. The van der Waals surface area contributed by atoms with E-state index in [1.807, 2.05) is 36.4 Å². The van der Waals surface area contributed by atoms with Gasteiger partial charge in [-0.1, -0.05) is 12.1 Å². The fourth-order valence-corrected chi connectivity index (χ4v) is 1.28. The summed E-state index contributed by atoms with van der Waals surface area (Å²) in [6.45, 7) is 0. The van der Waals surface area contributed by atoms with E-state index in [0.29, 0.717) is 0 Å². The predicted octanol–water partition coefficient (Wildman–Crippen LogP) is 3.56. The van der Waals surface area contributed by atoms with Crippen LogP contribution in [0, 0.1) is 6.08 Å². The maximum atomic E-state index is 5.59. The summed E-state index contributed by atoms with van der Waals surface area (Å²) in [6, 6.07) is 7.57. The topological polar surface area (TPSA) is 18.5 Å². The third-order valence-corrected chi connectivity index (χ3v) is 1.95. The SMILES string of the molecule is COc1ccccc1OC1=[C-]CC=C1.Cl.Cl.[Ti]. The van der Waals surface area contributed by atoms with Gasteiger partial charge < -0.3 is 9.47 Å². The minimum atomic E-state index is 0. The Hall–Kier alpha value is -0.406. The fraction of sp³-hybridized carbons (Fsp3) is 0.167. The number of para-hydroxylation sites is 2. The smallest absolute Gasteiger partial charge is 0.164 e. The van der Waals surface area contributed by atoms with Crippen LogP contribution in [0.4, 0.5) is 0 Å². The molecule has 0 N–H and O–H groups in total. The first-order valence-electron chi connectivity index (χ1n) is 4.48. The number of halogens is 2. The second kappa shape index (κ2) is 9.61. The zero-order valence-electron chi connectivity index (χ0n) is 9.30. The van der Waals surface area contributed by atoms with E-state index in [0.717, 1.165) is 23.7 Å². The van der Waals surface area contributed by atoms with E-state index in [1.54, 1.807) is 7.11 Å². The van der Waals surface area contributed by atoms with E-state index in [4.69, 9.17) is 9.47 Å². The molecule has 0 radical (unpaired) electrons. The maximum Gasteiger partial charge on any atom is 0.164 e. The zero-order valence-corrected chi connectivity index (χ0v) is 12.5. The van der Waals surface area contributed by atoms with Gasteiger partial charge >= 0.3 is 0 Å². The zero-order chi connectivity index (χ0) is 9.80. The van der Waals surface area contributed by atoms with Crippen LogP contribution in [0.5, 0.6) is 11.5 Å². The van der Waals surface area contributed by atoms with Crippen molar-refractivity contribution in [2.24, 2.45) is 0 Å². The molecule has 0 aromatic heterocycles. The molecule has 0 bridgehead atoms. The first kappa shape index (κ1) is 18.9. The van der Waals surface area contributed by atoms with Crippen molar-refractivity contribution >= 4 is 24.8 Å². The van der Waals surface area contributed by atoms with Crippen LogP contribution in [-0.4, -0.2) is 7.11 Å². The van der Waals surface area contributed by atoms with Crippen LogP contribution in [0.3, 0.4) is 0 Å². The van der Waals surface area contributed by atoms with Gasteiger partial charge in [0.2, 0.25) is 0 Å². The van der Waals surface area contributed by atoms with Crippen LogP contribution in [0.15, 0.2) is 42.2 Å². The van der Waals surface area contributed by atoms with Gasteiger partial charge in [0, 0.05) is 21.7 Å². The summed E-state index contributed by atoms with van der Waals surface area (Å²) in [5.74, 6) is 2.22. The summed E-state index contributed by atoms with van der Waals surface area (Å²) in [7, 11) is 1.63. The fourth-order valence-electron chi connectivity index (χ4n) is 1.28. The van der Waals surface area contributed by atoms with E-state index in [-0.39, 0.29) is 46.5 Å². The molecule has 0 atom stereocenters. The Bertz CT molecular complexity index is 392. The molecular weight excluding hydrogens is 295 g/mol. The second-order valence-corrected chi connectivity index (χ2v) is 2.90. The Morgan fingerprint density at radius 1 is 1.12 bits per heavy atom. The van der Waals surface area contributed by atoms with Gasteiger partial charge in [0.05, 0.1) is 7.11 Å². The van der Waals surface area contributed by atoms with Gasteiger partial charge in [0.1, 0.15) is 0 Å². The molecule has 0 unspecified atom stereocenters. The van der Waals surface area contributed by atoms with Gasteiger partial charge in [-0.15, -0.1) is 31.2 Å². The van der Waals surface area contributed by atoms with Crippen LogP contribution in [0.25, 0.3) is 0 Å². The van der Waals surface area contributed by atoms with E-state index in [1.165, 1.54) is 0 Å². The monoisotopic (exact) mass is 307 g/mol. The van der Waals surface area contributed by atoms with Crippen molar-refractivity contribution in [1.29, 1.82) is 0 Å². The standard InChI is InChI=1S/C12H11O2.2ClH.Ti/c1-13-11-8-4-5-9-12(11)14-10-6-2-3-7-10;;;/h2,4-6,8-9H,3H2,1H3;2*1H;/q-1;;;. The number of ether oxygens (including phenoxy) is 2. The van der Waals surface area contributed by atoms with Crippen molar-refractivity contribution in [2.45, 2.75) is 6.42 Å². The van der Waals surface area contributed by atoms with Gasteiger partial charge in [-0.25, -0.2) is 6.08 Å². The normalized spacial score (nSPS) is 11.5. The molecule has 0 heterocycles. The Morgan fingerprint density at radius 2 is 1.76 bits per heavy atom. The molecule has 1 aliphatic carbocycles. The number of hydrogen-bond donors (Lipinski definition) is 0. The Kier molecular flexibility index (Phi) is 10.7. The van der Waals surface area contributed by atoms with Crippen molar-refractivity contribution in [1.82, 2.24) is 0 Å². The molecule has 0 amide bonds. The molecule has 5 heteroatoms. The molecule has 2 nitrogen and oxygen atoms in total. The first-order chi connectivity index (χ1) is 6.90. The largest absolute Gasteiger partial charge is 0.493 e. The van der Waals surface area contributed by atoms with Crippen LogP contribution in [0.2, 0.25) is 0 Å². The van der Waals surface area contributed by atoms with Crippen LogP contribution >= 0.6 is 24.8 Å². The number of rotatable bonds is 3. The minimum absolute atomic E-state index is 0. The molecule has 17 heavy (non-hydrogen) atoms. The maximum absolute atomic E-state index is 5.59. The van der Waals surface area contributed by atoms with Gasteiger partial charge in [0.25, 0.3) is 0 Å². The summed E-state index contributed by atoms with van der Waals surface area (Å²) >= 11 is 0. The molecule has 0 spiro atoms. The number of methoxy groups -OCH3 is 1. The molecule has 0 aliphatic heterocycles. The summed E-state index contributed by atoms with van der Waals surface area (Å²) < 4.78 is 10.8. The number of benzene rings is 1. The van der Waals surface area contributed by atoms with E-state index < -0.39 is 0 Å². The average molecular weight is 308 g/mol. The van der Waals surface area contributed by atoms with Crippen molar-refractivity contribution in [3.05, 3.63) is 48.3 Å². The molecule has 1 aliphatic rings. The summed E-state index contributed by atoms with van der Waals surface area (Å²) in [6.07, 6.45) is 7.82. The molecule has 92 valence electrons. The van der Waals surface area contributed by atoms with Crippen LogP contribution < -0.4 is 9.47 Å². The predicted molar refractivity (Wildman–Crippen MR) is 68.6 cm³/mol. The van der Waals surface area contributed by atoms with Crippen molar-refractivity contribution in [3.8, 4) is 11.5 Å². The second-order valence-electron chi connectivity index (χ2n) is 2.90. The third-order valence-electron chi connectivity index (χ3n) is 1.95. The summed E-state index contributed by atoms with van der Waals surface area (Å²) in [5, 5.41) is 0. The molecule has 0 fully saturated rings. The van der Waals surface area contributed by atoms with Crippen LogP contribution in [-0.2, 0) is 21.7 Å². The molecular formula is C12H13Cl2O2Ti-. The van der Waals surface area contributed by atoms with Gasteiger partial charge in [-0.2, -0.15) is 12.2 Å². The average Bonchev–Trinajstić information content (AvgIpc) is 2.71. The molecule has 0 saturated heterocycles. The molecule has 0 saturated carbocycles. The first-order valence-corrected chi connectivity index (χ1v) is 4.48.